The van der Waals surface area contributed by atoms with E-state index in [0.717, 1.165) is 0 Å². The number of alkyl halides is 1. The number of imidazole rings is 1. The van der Waals surface area contributed by atoms with Crippen molar-refractivity contribution in [2.75, 3.05) is 12.3 Å². The van der Waals surface area contributed by atoms with Crippen molar-refractivity contribution in [3.05, 3.63) is 16.7 Å². The zero-order valence-corrected chi connectivity index (χ0v) is 11.7. The number of nitrogens with zero attached hydrogens (tertiary/aromatic N) is 3. The highest BCUT2D eigenvalue weighted by atomic mass is 19.1. The number of carbonyl (C=O) groups excluding carboxylic acids is 1. The van der Waals surface area contributed by atoms with Gasteiger partial charge in [0.05, 0.1) is 12.4 Å². The van der Waals surface area contributed by atoms with Gasteiger partial charge in [-0.1, -0.05) is 0 Å². The Morgan fingerprint density at radius 3 is 3.18 bits per heavy atom. The van der Waals surface area contributed by atoms with Gasteiger partial charge in [0.25, 0.3) is 5.56 Å². The van der Waals surface area contributed by atoms with E-state index in [1.165, 1.54) is 17.8 Å². The molecule has 3 rings (SSSR count). The van der Waals surface area contributed by atoms with E-state index >= 15 is 0 Å². The minimum absolute atomic E-state index is 0.0327. The number of fused-ring (bicyclic) bond motifs is 1. The van der Waals surface area contributed by atoms with E-state index in [4.69, 9.17) is 15.2 Å². The van der Waals surface area contributed by atoms with Crippen LogP contribution in [0.5, 0.6) is 0 Å². The van der Waals surface area contributed by atoms with Crippen molar-refractivity contribution in [3.8, 4) is 0 Å². The number of aromatic nitrogens is 4. The molecule has 3 heterocycles. The summed E-state index contributed by atoms with van der Waals surface area (Å²) in [5.74, 6) is -0.555. The summed E-state index contributed by atoms with van der Waals surface area (Å²) in [6, 6.07) is 0. The Morgan fingerprint density at radius 2 is 2.45 bits per heavy atom. The smallest absolute Gasteiger partial charge is 0.302 e. The summed E-state index contributed by atoms with van der Waals surface area (Å²) in [5.41, 5.74) is 5.18. The molecule has 0 radical (unpaired) electrons. The van der Waals surface area contributed by atoms with Crippen LogP contribution in [0.2, 0.25) is 0 Å². The predicted octanol–water partition coefficient (Wildman–Crippen LogP) is -0.109. The molecule has 0 amide bonds. The average molecular weight is 311 g/mol. The number of hydrogen-bond donors (Lipinski definition) is 2. The van der Waals surface area contributed by atoms with Crippen LogP contribution in [0.1, 0.15) is 19.6 Å². The molecular weight excluding hydrogens is 297 g/mol. The fraction of sp³-hybridized carbons (Fsp3) is 0.500. The molecule has 0 bridgehead atoms. The molecule has 3 atom stereocenters. The first-order chi connectivity index (χ1) is 10.5. The van der Waals surface area contributed by atoms with Crippen molar-refractivity contribution >= 4 is 23.1 Å². The molecule has 1 aliphatic heterocycles. The standard InChI is InChI=1S/C12H14FN5O4/c1-5(19)21-3-6-2-7(13)11(22-6)18-4-15-8-9(18)16-12(14)17-10(8)20/h4,6-7,11H,2-3H2,1H3,(H3,14,16,17,20)/t6-,7+,11+/m0/s1. The van der Waals surface area contributed by atoms with Crippen LogP contribution in [0.25, 0.3) is 11.2 Å². The van der Waals surface area contributed by atoms with Gasteiger partial charge in [-0.15, -0.1) is 0 Å². The number of carbonyl (C=O) groups is 1. The molecule has 1 aliphatic rings. The lowest BCUT2D eigenvalue weighted by atomic mass is 10.2. The summed E-state index contributed by atoms with van der Waals surface area (Å²) in [4.78, 5) is 32.7. The predicted molar refractivity (Wildman–Crippen MR) is 72.6 cm³/mol. The summed E-state index contributed by atoms with van der Waals surface area (Å²) in [7, 11) is 0. The fourth-order valence-corrected chi connectivity index (χ4v) is 2.39. The van der Waals surface area contributed by atoms with Crippen LogP contribution in [-0.2, 0) is 14.3 Å². The largest absolute Gasteiger partial charge is 0.463 e. The summed E-state index contributed by atoms with van der Waals surface area (Å²) in [6.45, 7) is 1.23. The molecule has 2 aromatic rings. The SMILES string of the molecule is CC(=O)OC[C@@H]1C[C@@H](F)[C@H](n2cnc3c(=O)[nH]c(N)nc32)O1. The van der Waals surface area contributed by atoms with Crippen LogP contribution in [0, 0.1) is 0 Å². The van der Waals surface area contributed by atoms with Gasteiger partial charge in [0.1, 0.15) is 12.8 Å². The number of hydrogen-bond acceptors (Lipinski definition) is 7. The van der Waals surface area contributed by atoms with Gasteiger partial charge in [0, 0.05) is 13.3 Å². The normalized spacial score (nSPS) is 24.7. The molecule has 2 aromatic heterocycles. The summed E-state index contributed by atoms with van der Waals surface area (Å²) in [6.07, 6.45) is -1.58. The first-order valence-corrected chi connectivity index (χ1v) is 6.61. The van der Waals surface area contributed by atoms with Crippen molar-refractivity contribution in [2.24, 2.45) is 0 Å². The number of esters is 1. The van der Waals surface area contributed by atoms with E-state index in [1.54, 1.807) is 0 Å². The highest BCUT2D eigenvalue weighted by Gasteiger charge is 2.38. The number of nitrogens with one attached hydrogen (secondary N) is 1. The second-order valence-corrected chi connectivity index (χ2v) is 4.98. The summed E-state index contributed by atoms with van der Waals surface area (Å²) >= 11 is 0. The van der Waals surface area contributed by atoms with Crippen LogP contribution >= 0.6 is 0 Å². The molecule has 0 spiro atoms. The second-order valence-electron chi connectivity index (χ2n) is 4.98. The Hall–Kier alpha value is -2.49. The molecule has 22 heavy (non-hydrogen) atoms. The van der Waals surface area contributed by atoms with Crippen LogP contribution < -0.4 is 11.3 Å². The zero-order chi connectivity index (χ0) is 15.9. The maximum Gasteiger partial charge on any atom is 0.302 e. The number of nitrogen functional groups attached to an aromatic ring is 1. The molecule has 1 saturated heterocycles. The number of ether oxygens (including phenoxy) is 2. The average Bonchev–Trinajstić information content (AvgIpc) is 3.00. The molecular formula is C12H14FN5O4. The lowest BCUT2D eigenvalue weighted by Gasteiger charge is -2.15. The Balaban J connectivity index is 1.88. The minimum Gasteiger partial charge on any atom is -0.463 e. The number of anilines is 1. The van der Waals surface area contributed by atoms with E-state index in [1.807, 2.05) is 0 Å². The quantitative estimate of drug-likeness (QED) is 0.757. The van der Waals surface area contributed by atoms with Gasteiger partial charge in [-0.25, -0.2) is 9.37 Å². The first-order valence-electron chi connectivity index (χ1n) is 6.61. The lowest BCUT2D eigenvalue weighted by Crippen LogP contribution is -2.19. The highest BCUT2D eigenvalue weighted by Crippen LogP contribution is 2.32. The number of nitrogens with two attached hydrogens (primary N) is 1. The lowest BCUT2D eigenvalue weighted by molar-refractivity contribution is -0.145. The fourth-order valence-electron chi connectivity index (χ4n) is 2.39. The Kier molecular flexibility index (Phi) is 3.53. The van der Waals surface area contributed by atoms with E-state index in [9.17, 15) is 14.0 Å². The molecule has 9 nitrogen and oxygen atoms in total. The van der Waals surface area contributed by atoms with Crippen LogP contribution in [-0.4, -0.2) is 44.4 Å². The van der Waals surface area contributed by atoms with Gasteiger partial charge in [-0.2, -0.15) is 4.98 Å². The van der Waals surface area contributed by atoms with Gasteiger partial charge in [-0.3, -0.25) is 19.1 Å². The maximum atomic E-state index is 14.2. The van der Waals surface area contributed by atoms with E-state index < -0.39 is 30.0 Å². The van der Waals surface area contributed by atoms with Crippen molar-refractivity contribution in [3.63, 3.8) is 0 Å². The number of halogens is 1. The van der Waals surface area contributed by atoms with Gasteiger partial charge >= 0.3 is 5.97 Å². The third-order valence-corrected chi connectivity index (χ3v) is 3.33. The highest BCUT2D eigenvalue weighted by molar-refractivity contribution is 5.70. The van der Waals surface area contributed by atoms with Gasteiger partial charge < -0.3 is 15.2 Å². The molecule has 0 aliphatic carbocycles. The Labute approximate surface area is 123 Å². The van der Waals surface area contributed by atoms with Crippen molar-refractivity contribution in [1.82, 2.24) is 19.5 Å². The Bertz CT molecular complexity index is 772. The molecule has 1 fully saturated rings. The zero-order valence-electron chi connectivity index (χ0n) is 11.7. The van der Waals surface area contributed by atoms with Crippen molar-refractivity contribution < 1.29 is 18.7 Å². The second kappa shape index (κ2) is 5.37. The van der Waals surface area contributed by atoms with E-state index in [2.05, 4.69) is 15.0 Å². The monoisotopic (exact) mass is 311 g/mol. The van der Waals surface area contributed by atoms with Crippen LogP contribution in [0.3, 0.4) is 0 Å². The maximum absolute atomic E-state index is 14.2. The van der Waals surface area contributed by atoms with E-state index in [-0.39, 0.29) is 30.1 Å². The van der Waals surface area contributed by atoms with Gasteiger partial charge in [0.2, 0.25) is 5.95 Å². The third-order valence-electron chi connectivity index (χ3n) is 3.33. The number of rotatable bonds is 3. The first kappa shape index (κ1) is 14.4. The molecule has 0 aromatic carbocycles. The third kappa shape index (κ3) is 2.52. The van der Waals surface area contributed by atoms with Gasteiger partial charge in [0.15, 0.2) is 17.4 Å². The number of aromatic amines is 1. The van der Waals surface area contributed by atoms with E-state index in [0.29, 0.717) is 0 Å². The van der Waals surface area contributed by atoms with Crippen LogP contribution in [0.4, 0.5) is 10.3 Å². The topological polar surface area (TPSA) is 125 Å². The summed E-state index contributed by atoms with van der Waals surface area (Å²) < 4.78 is 25.9. The molecule has 3 N–H and O–H groups in total. The van der Waals surface area contributed by atoms with Crippen molar-refractivity contribution in [2.45, 2.75) is 31.8 Å². The van der Waals surface area contributed by atoms with Gasteiger partial charge in [-0.05, 0) is 0 Å². The molecule has 118 valence electrons. The number of H-pyrrole nitrogens is 1. The molecule has 0 saturated carbocycles. The molecule has 10 heteroatoms. The molecule has 0 unspecified atom stereocenters. The summed E-state index contributed by atoms with van der Waals surface area (Å²) in [5, 5.41) is 0. The minimum atomic E-state index is -1.35. The van der Waals surface area contributed by atoms with Crippen molar-refractivity contribution in [1.29, 1.82) is 0 Å². The Morgan fingerprint density at radius 1 is 1.68 bits per heavy atom. The van der Waals surface area contributed by atoms with Crippen LogP contribution in [0.15, 0.2) is 11.1 Å².